The van der Waals surface area contributed by atoms with Crippen LogP contribution in [0.4, 0.5) is 0 Å². The standard InChI is InChI=1S/C13H12BrNO/c1-9-5-2-3-6-10(9)12(16)11-7-4-8-15-13(11)14/h2-8,12,16H,1H3/t12-/m1/s1. The number of benzene rings is 1. The van der Waals surface area contributed by atoms with Crippen LogP contribution in [0.5, 0.6) is 0 Å². The molecular formula is C13H12BrNO. The summed E-state index contributed by atoms with van der Waals surface area (Å²) in [6, 6.07) is 11.5. The Bertz CT molecular complexity index is 453. The van der Waals surface area contributed by atoms with Gasteiger partial charge in [-0.25, -0.2) is 4.98 Å². The van der Waals surface area contributed by atoms with Gasteiger partial charge in [0, 0.05) is 11.8 Å². The zero-order valence-corrected chi connectivity index (χ0v) is 10.5. The number of aliphatic hydroxyl groups excluding tert-OH is 1. The van der Waals surface area contributed by atoms with Crippen molar-refractivity contribution in [3.63, 3.8) is 0 Å². The topological polar surface area (TPSA) is 33.1 Å². The summed E-state index contributed by atoms with van der Waals surface area (Å²) < 4.78 is 0.686. The minimum Gasteiger partial charge on any atom is -0.384 e. The summed E-state index contributed by atoms with van der Waals surface area (Å²) in [4.78, 5) is 4.11. The molecule has 0 aliphatic rings. The molecule has 2 aromatic rings. The van der Waals surface area contributed by atoms with Gasteiger partial charge in [0.2, 0.25) is 0 Å². The Morgan fingerprint density at radius 1 is 1.12 bits per heavy atom. The molecule has 1 N–H and O–H groups in total. The number of hydrogen-bond donors (Lipinski definition) is 1. The van der Waals surface area contributed by atoms with Gasteiger partial charge in [0.15, 0.2) is 0 Å². The Kier molecular flexibility index (Phi) is 3.36. The first-order chi connectivity index (χ1) is 7.70. The van der Waals surface area contributed by atoms with E-state index in [2.05, 4.69) is 20.9 Å². The number of aryl methyl sites for hydroxylation is 1. The SMILES string of the molecule is Cc1ccccc1[C@@H](O)c1cccnc1Br. The van der Waals surface area contributed by atoms with Gasteiger partial charge >= 0.3 is 0 Å². The van der Waals surface area contributed by atoms with Crippen LogP contribution >= 0.6 is 15.9 Å². The molecule has 0 bridgehead atoms. The van der Waals surface area contributed by atoms with Crippen LogP contribution < -0.4 is 0 Å². The lowest BCUT2D eigenvalue weighted by atomic mass is 9.99. The average molecular weight is 278 g/mol. The minimum atomic E-state index is -0.635. The molecule has 0 unspecified atom stereocenters. The minimum absolute atomic E-state index is 0.635. The summed E-state index contributed by atoms with van der Waals surface area (Å²) in [6.07, 6.45) is 1.06. The fraction of sp³-hybridized carbons (Fsp3) is 0.154. The number of aliphatic hydroxyl groups is 1. The molecule has 0 aliphatic carbocycles. The normalized spacial score (nSPS) is 12.4. The van der Waals surface area contributed by atoms with E-state index in [1.165, 1.54) is 0 Å². The second-order valence-electron chi connectivity index (χ2n) is 3.64. The summed E-state index contributed by atoms with van der Waals surface area (Å²) in [5, 5.41) is 10.3. The number of aromatic nitrogens is 1. The molecule has 0 radical (unpaired) electrons. The summed E-state index contributed by atoms with van der Waals surface area (Å²) in [5.41, 5.74) is 2.78. The third-order valence-corrected chi connectivity index (χ3v) is 3.23. The molecule has 1 heterocycles. The van der Waals surface area contributed by atoms with E-state index in [0.717, 1.165) is 16.7 Å². The molecule has 2 nitrogen and oxygen atoms in total. The Morgan fingerprint density at radius 3 is 2.50 bits per heavy atom. The van der Waals surface area contributed by atoms with Crippen molar-refractivity contribution in [3.8, 4) is 0 Å². The molecule has 0 saturated heterocycles. The summed E-state index contributed by atoms with van der Waals surface area (Å²) >= 11 is 3.35. The molecule has 16 heavy (non-hydrogen) atoms. The predicted molar refractivity (Wildman–Crippen MR) is 67.2 cm³/mol. The van der Waals surface area contributed by atoms with Crippen molar-refractivity contribution >= 4 is 15.9 Å². The van der Waals surface area contributed by atoms with Gasteiger partial charge in [0.1, 0.15) is 10.7 Å². The Morgan fingerprint density at radius 2 is 1.81 bits per heavy atom. The molecule has 0 amide bonds. The Labute approximate surface area is 103 Å². The first-order valence-corrected chi connectivity index (χ1v) is 5.83. The third-order valence-electron chi connectivity index (χ3n) is 2.57. The van der Waals surface area contributed by atoms with Crippen molar-refractivity contribution in [1.29, 1.82) is 0 Å². The van der Waals surface area contributed by atoms with Crippen LogP contribution in [0.2, 0.25) is 0 Å². The summed E-state index contributed by atoms with van der Waals surface area (Å²) in [6.45, 7) is 1.99. The molecule has 1 atom stereocenters. The van der Waals surface area contributed by atoms with E-state index in [1.807, 2.05) is 43.3 Å². The van der Waals surface area contributed by atoms with Crippen LogP contribution in [-0.2, 0) is 0 Å². The van der Waals surface area contributed by atoms with Gasteiger partial charge in [-0.05, 0) is 40.0 Å². The number of pyridine rings is 1. The second-order valence-corrected chi connectivity index (χ2v) is 4.39. The molecule has 0 aliphatic heterocycles. The van der Waals surface area contributed by atoms with Crippen molar-refractivity contribution in [2.24, 2.45) is 0 Å². The first kappa shape index (κ1) is 11.3. The van der Waals surface area contributed by atoms with Crippen LogP contribution in [0.25, 0.3) is 0 Å². The number of halogens is 1. The summed E-state index contributed by atoms with van der Waals surface area (Å²) in [7, 11) is 0. The van der Waals surface area contributed by atoms with E-state index in [9.17, 15) is 5.11 Å². The van der Waals surface area contributed by atoms with E-state index in [0.29, 0.717) is 4.60 Å². The molecule has 3 heteroatoms. The second kappa shape index (κ2) is 4.76. The lowest BCUT2D eigenvalue weighted by molar-refractivity contribution is 0.218. The van der Waals surface area contributed by atoms with Gasteiger partial charge in [0.05, 0.1) is 0 Å². The highest BCUT2D eigenvalue weighted by Gasteiger charge is 2.15. The molecule has 1 aromatic carbocycles. The zero-order valence-electron chi connectivity index (χ0n) is 8.89. The van der Waals surface area contributed by atoms with E-state index < -0.39 is 6.10 Å². The maximum atomic E-state index is 10.3. The molecule has 0 saturated carbocycles. The van der Waals surface area contributed by atoms with E-state index >= 15 is 0 Å². The van der Waals surface area contributed by atoms with Crippen molar-refractivity contribution in [1.82, 2.24) is 4.98 Å². The van der Waals surface area contributed by atoms with Gasteiger partial charge in [0.25, 0.3) is 0 Å². The van der Waals surface area contributed by atoms with Gasteiger partial charge in [-0.1, -0.05) is 30.3 Å². The van der Waals surface area contributed by atoms with Gasteiger partial charge in [-0.3, -0.25) is 0 Å². The van der Waals surface area contributed by atoms with E-state index in [1.54, 1.807) is 6.20 Å². The van der Waals surface area contributed by atoms with Crippen molar-refractivity contribution in [2.75, 3.05) is 0 Å². The van der Waals surface area contributed by atoms with Crippen LogP contribution in [0.15, 0.2) is 47.2 Å². The highest BCUT2D eigenvalue weighted by atomic mass is 79.9. The van der Waals surface area contributed by atoms with Crippen LogP contribution in [-0.4, -0.2) is 10.1 Å². The Hall–Kier alpha value is -1.19. The van der Waals surface area contributed by atoms with Gasteiger partial charge in [-0.2, -0.15) is 0 Å². The van der Waals surface area contributed by atoms with Crippen molar-refractivity contribution in [3.05, 3.63) is 63.9 Å². The fourth-order valence-corrected chi connectivity index (χ4v) is 2.13. The highest BCUT2D eigenvalue weighted by molar-refractivity contribution is 9.10. The molecule has 0 fully saturated rings. The number of rotatable bonds is 2. The maximum absolute atomic E-state index is 10.3. The number of hydrogen-bond acceptors (Lipinski definition) is 2. The molecular weight excluding hydrogens is 266 g/mol. The lowest BCUT2D eigenvalue weighted by Crippen LogP contribution is -2.03. The van der Waals surface area contributed by atoms with Gasteiger partial charge < -0.3 is 5.11 Å². The highest BCUT2D eigenvalue weighted by Crippen LogP contribution is 2.28. The smallest absolute Gasteiger partial charge is 0.112 e. The van der Waals surface area contributed by atoms with E-state index in [4.69, 9.17) is 0 Å². The van der Waals surface area contributed by atoms with Crippen LogP contribution in [0, 0.1) is 6.92 Å². The van der Waals surface area contributed by atoms with Gasteiger partial charge in [-0.15, -0.1) is 0 Å². The average Bonchev–Trinajstić information content (AvgIpc) is 2.29. The lowest BCUT2D eigenvalue weighted by Gasteiger charge is -2.14. The van der Waals surface area contributed by atoms with Crippen LogP contribution in [0.3, 0.4) is 0 Å². The third kappa shape index (κ3) is 2.15. The maximum Gasteiger partial charge on any atom is 0.112 e. The predicted octanol–water partition coefficient (Wildman–Crippen LogP) is 3.23. The molecule has 2 rings (SSSR count). The van der Waals surface area contributed by atoms with Crippen LogP contribution in [0.1, 0.15) is 22.8 Å². The van der Waals surface area contributed by atoms with Crippen molar-refractivity contribution < 1.29 is 5.11 Å². The van der Waals surface area contributed by atoms with Crippen molar-refractivity contribution in [2.45, 2.75) is 13.0 Å². The summed E-state index contributed by atoms with van der Waals surface area (Å²) in [5.74, 6) is 0. The fourth-order valence-electron chi connectivity index (χ4n) is 1.66. The first-order valence-electron chi connectivity index (χ1n) is 5.04. The number of nitrogens with zero attached hydrogens (tertiary/aromatic N) is 1. The largest absolute Gasteiger partial charge is 0.384 e. The Balaban J connectivity index is 2.44. The molecule has 1 aromatic heterocycles. The monoisotopic (exact) mass is 277 g/mol. The quantitative estimate of drug-likeness (QED) is 0.855. The zero-order chi connectivity index (χ0) is 11.5. The molecule has 0 spiro atoms. The van der Waals surface area contributed by atoms with E-state index in [-0.39, 0.29) is 0 Å². The molecule has 82 valence electrons.